The van der Waals surface area contributed by atoms with Gasteiger partial charge < -0.3 is 14.6 Å². The van der Waals surface area contributed by atoms with Gasteiger partial charge in [-0.3, -0.25) is 0 Å². The fourth-order valence-electron chi connectivity index (χ4n) is 2.00. The lowest BCUT2D eigenvalue weighted by Crippen LogP contribution is -2.26. The quantitative estimate of drug-likeness (QED) is 0.688. The summed E-state index contributed by atoms with van der Waals surface area (Å²) < 4.78 is 7.57. The molecule has 0 radical (unpaired) electrons. The fraction of sp³-hybridized carbons (Fsp3) is 0.786. The number of ether oxygens (including phenoxy) is 1. The maximum atomic E-state index is 5.31. The van der Waals surface area contributed by atoms with Gasteiger partial charge in [0, 0.05) is 44.1 Å². The normalized spacial score (nSPS) is 13.2. The van der Waals surface area contributed by atoms with Gasteiger partial charge in [0.2, 0.25) is 0 Å². The van der Waals surface area contributed by atoms with E-state index >= 15 is 0 Å². The van der Waals surface area contributed by atoms with Crippen LogP contribution < -0.4 is 5.32 Å². The average Bonchev–Trinajstić information content (AvgIpc) is 2.82. The van der Waals surface area contributed by atoms with Gasteiger partial charge in [-0.15, -0.1) is 0 Å². The number of imidazole rings is 1. The molecule has 1 unspecified atom stereocenters. The first-order valence-electron chi connectivity index (χ1n) is 6.98. The van der Waals surface area contributed by atoms with Gasteiger partial charge in [-0.1, -0.05) is 13.8 Å². The predicted octanol–water partition coefficient (Wildman–Crippen LogP) is 2.58. The van der Waals surface area contributed by atoms with E-state index in [2.05, 4.69) is 41.8 Å². The number of rotatable bonds is 9. The summed E-state index contributed by atoms with van der Waals surface area (Å²) in [5.41, 5.74) is 0. The molecule has 1 rings (SSSR count). The van der Waals surface area contributed by atoms with E-state index in [4.69, 9.17) is 4.74 Å². The molecule has 1 N–H and O–H groups in total. The molecule has 4 heteroatoms. The van der Waals surface area contributed by atoms with Crippen LogP contribution in [0.1, 0.15) is 51.9 Å². The van der Waals surface area contributed by atoms with Crippen LogP contribution in [0.25, 0.3) is 0 Å². The molecular weight excluding hydrogens is 226 g/mol. The maximum Gasteiger partial charge on any atom is 0.111 e. The van der Waals surface area contributed by atoms with Crippen LogP contribution in [0.2, 0.25) is 0 Å². The third-order valence-electron chi connectivity index (χ3n) is 2.98. The Morgan fingerprint density at radius 3 is 2.83 bits per heavy atom. The first kappa shape index (κ1) is 15.2. The van der Waals surface area contributed by atoms with E-state index < -0.39 is 0 Å². The number of nitrogens with one attached hydrogen (secondary N) is 1. The van der Waals surface area contributed by atoms with Crippen molar-refractivity contribution in [3.8, 4) is 0 Å². The van der Waals surface area contributed by atoms with Gasteiger partial charge in [-0.25, -0.2) is 4.98 Å². The van der Waals surface area contributed by atoms with Crippen molar-refractivity contribution in [2.45, 2.75) is 46.1 Å². The Hall–Kier alpha value is -0.870. The maximum absolute atomic E-state index is 5.31. The minimum atomic E-state index is 0.442. The smallest absolute Gasteiger partial charge is 0.111 e. The molecule has 4 nitrogen and oxygen atoms in total. The molecule has 18 heavy (non-hydrogen) atoms. The van der Waals surface area contributed by atoms with Crippen LogP contribution in [0.3, 0.4) is 0 Å². The van der Waals surface area contributed by atoms with Crippen molar-refractivity contribution in [2.75, 3.05) is 26.3 Å². The van der Waals surface area contributed by atoms with Crippen LogP contribution >= 0.6 is 0 Å². The van der Waals surface area contributed by atoms with Gasteiger partial charge in [0.15, 0.2) is 0 Å². The lowest BCUT2D eigenvalue weighted by Gasteiger charge is -2.18. The lowest BCUT2D eigenvalue weighted by atomic mass is 10.2. The van der Waals surface area contributed by atoms with Crippen molar-refractivity contribution in [2.24, 2.45) is 0 Å². The van der Waals surface area contributed by atoms with Crippen LogP contribution in [0, 0.1) is 0 Å². The molecule has 1 aromatic heterocycles. The zero-order valence-electron chi connectivity index (χ0n) is 12.1. The Morgan fingerprint density at radius 2 is 2.17 bits per heavy atom. The first-order chi connectivity index (χ1) is 8.66. The van der Waals surface area contributed by atoms with Gasteiger partial charge in [0.05, 0.1) is 0 Å². The number of aromatic nitrogens is 2. The van der Waals surface area contributed by atoms with Crippen molar-refractivity contribution < 1.29 is 4.74 Å². The fourth-order valence-corrected chi connectivity index (χ4v) is 2.00. The number of hydrogen-bond donors (Lipinski definition) is 1. The lowest BCUT2D eigenvalue weighted by molar-refractivity contribution is 0.144. The summed E-state index contributed by atoms with van der Waals surface area (Å²) in [5.74, 6) is 1.64. The summed E-state index contributed by atoms with van der Waals surface area (Å²) in [6.07, 6.45) is 5.03. The second-order valence-electron chi connectivity index (χ2n) is 4.95. The van der Waals surface area contributed by atoms with Gasteiger partial charge in [0.1, 0.15) is 5.82 Å². The van der Waals surface area contributed by atoms with Gasteiger partial charge in [-0.2, -0.15) is 0 Å². The van der Waals surface area contributed by atoms with E-state index in [0.717, 1.165) is 32.7 Å². The largest absolute Gasteiger partial charge is 0.382 e. The molecule has 1 aromatic rings. The van der Waals surface area contributed by atoms with Crippen LogP contribution in [0.5, 0.6) is 0 Å². The molecule has 0 aliphatic rings. The van der Waals surface area contributed by atoms with Gasteiger partial charge >= 0.3 is 0 Å². The second-order valence-corrected chi connectivity index (χ2v) is 4.95. The number of nitrogens with zero attached hydrogens (tertiary/aromatic N) is 2. The molecule has 0 aromatic carbocycles. The van der Waals surface area contributed by atoms with Crippen LogP contribution in [0.15, 0.2) is 12.4 Å². The molecule has 0 aliphatic heterocycles. The van der Waals surface area contributed by atoms with E-state index in [-0.39, 0.29) is 0 Å². The summed E-state index contributed by atoms with van der Waals surface area (Å²) in [7, 11) is 0. The molecule has 0 bridgehead atoms. The van der Waals surface area contributed by atoms with E-state index in [0.29, 0.717) is 12.0 Å². The zero-order valence-corrected chi connectivity index (χ0v) is 12.1. The van der Waals surface area contributed by atoms with Crippen molar-refractivity contribution >= 4 is 0 Å². The molecule has 0 aliphatic carbocycles. The van der Waals surface area contributed by atoms with Crippen molar-refractivity contribution in [1.29, 1.82) is 0 Å². The molecule has 0 amide bonds. The predicted molar refractivity (Wildman–Crippen MR) is 75.0 cm³/mol. The van der Waals surface area contributed by atoms with E-state index in [1.807, 2.05) is 13.1 Å². The standard InChI is InChI=1S/C14H27N3O/c1-5-18-10-6-7-15-11-13(4)17-9-8-16-14(17)12(2)3/h8-9,12-13,15H,5-7,10-11H2,1-4H3. The Morgan fingerprint density at radius 1 is 1.39 bits per heavy atom. The molecule has 0 fully saturated rings. The van der Waals surface area contributed by atoms with E-state index in [1.54, 1.807) is 0 Å². The van der Waals surface area contributed by atoms with E-state index in [9.17, 15) is 0 Å². The second kappa shape index (κ2) is 8.27. The Kier molecular flexibility index (Phi) is 6.98. The molecule has 0 saturated heterocycles. The van der Waals surface area contributed by atoms with Crippen molar-refractivity contribution in [3.05, 3.63) is 18.2 Å². The summed E-state index contributed by atoms with van der Waals surface area (Å²) >= 11 is 0. The van der Waals surface area contributed by atoms with Crippen molar-refractivity contribution in [1.82, 2.24) is 14.9 Å². The number of hydrogen-bond acceptors (Lipinski definition) is 3. The first-order valence-corrected chi connectivity index (χ1v) is 6.98. The molecule has 0 spiro atoms. The zero-order chi connectivity index (χ0) is 13.4. The monoisotopic (exact) mass is 253 g/mol. The van der Waals surface area contributed by atoms with E-state index in [1.165, 1.54) is 5.82 Å². The van der Waals surface area contributed by atoms with Gasteiger partial charge in [-0.05, 0) is 26.8 Å². The minimum absolute atomic E-state index is 0.442. The van der Waals surface area contributed by atoms with Crippen LogP contribution in [-0.2, 0) is 4.74 Å². The molecule has 1 atom stereocenters. The highest BCUT2D eigenvalue weighted by atomic mass is 16.5. The summed E-state index contributed by atoms with van der Waals surface area (Å²) in [6.45, 7) is 12.3. The Labute approximate surface area is 111 Å². The summed E-state index contributed by atoms with van der Waals surface area (Å²) in [6, 6.07) is 0.442. The topological polar surface area (TPSA) is 39.1 Å². The van der Waals surface area contributed by atoms with Gasteiger partial charge in [0.25, 0.3) is 0 Å². The third kappa shape index (κ3) is 4.78. The SMILES string of the molecule is CCOCCCNCC(C)n1ccnc1C(C)C. The highest BCUT2D eigenvalue weighted by Crippen LogP contribution is 2.16. The molecular formula is C14H27N3O. The Balaban J connectivity index is 2.27. The highest BCUT2D eigenvalue weighted by Gasteiger charge is 2.11. The highest BCUT2D eigenvalue weighted by molar-refractivity contribution is 4.99. The molecule has 104 valence electrons. The van der Waals surface area contributed by atoms with Crippen LogP contribution in [0.4, 0.5) is 0 Å². The summed E-state index contributed by atoms with van der Waals surface area (Å²) in [5, 5.41) is 3.47. The summed E-state index contributed by atoms with van der Waals surface area (Å²) in [4.78, 5) is 4.42. The average molecular weight is 253 g/mol. The Bertz CT molecular complexity index is 323. The molecule has 1 heterocycles. The van der Waals surface area contributed by atoms with Crippen molar-refractivity contribution in [3.63, 3.8) is 0 Å². The molecule has 0 saturated carbocycles. The van der Waals surface area contributed by atoms with Crippen LogP contribution in [-0.4, -0.2) is 35.9 Å². The minimum Gasteiger partial charge on any atom is -0.382 e. The third-order valence-corrected chi connectivity index (χ3v) is 2.98.